The minimum absolute atomic E-state index is 0.136. The van der Waals surface area contributed by atoms with Crippen LogP contribution in [-0.4, -0.2) is 37.7 Å². The normalized spacial score (nSPS) is 11.0. The molecule has 8 nitrogen and oxygen atoms in total. The molecule has 0 aliphatic carbocycles. The number of rotatable bonds is 5. The Morgan fingerprint density at radius 2 is 1.67 bits per heavy atom. The van der Waals surface area contributed by atoms with Crippen LogP contribution in [0.25, 0.3) is 0 Å². The molecule has 112 valence electrons. The van der Waals surface area contributed by atoms with Gasteiger partial charge in [-0.15, -0.1) is 0 Å². The highest BCUT2D eigenvalue weighted by Gasteiger charge is 2.20. The second-order valence-electron chi connectivity index (χ2n) is 3.85. The van der Waals surface area contributed by atoms with E-state index in [9.17, 15) is 13.5 Å². The summed E-state index contributed by atoms with van der Waals surface area (Å²) in [6.07, 6.45) is 0. The summed E-state index contributed by atoms with van der Waals surface area (Å²) in [5.41, 5.74) is 0. The third-order valence-electron chi connectivity index (χ3n) is 2.48. The highest BCUT2D eigenvalue weighted by molar-refractivity contribution is 7.92. The maximum Gasteiger partial charge on any atom is 0.267 e. The van der Waals surface area contributed by atoms with Gasteiger partial charge in [-0.25, -0.2) is 13.1 Å². The lowest BCUT2D eigenvalue weighted by molar-refractivity contribution is 0.373. The van der Waals surface area contributed by atoms with Crippen molar-refractivity contribution in [3.63, 3.8) is 0 Å². The lowest BCUT2D eigenvalue weighted by atomic mass is 10.3. The Bertz CT molecular complexity index is 726. The average molecular weight is 311 g/mol. The topological polar surface area (TPSA) is 111 Å². The summed E-state index contributed by atoms with van der Waals surface area (Å²) in [5, 5.41) is 9.62. The Balaban J connectivity index is 2.39. The fourth-order valence-corrected chi connectivity index (χ4v) is 2.56. The predicted molar refractivity (Wildman–Crippen MR) is 74.1 cm³/mol. The van der Waals surface area contributed by atoms with Gasteiger partial charge in [-0.3, -0.25) is 0 Å². The van der Waals surface area contributed by atoms with Gasteiger partial charge in [0, 0.05) is 0 Å². The fraction of sp³-hybridized carbons (Fsp3) is 0.167. The number of para-hydroxylation sites is 1. The van der Waals surface area contributed by atoms with Crippen LogP contribution in [-0.2, 0) is 10.0 Å². The lowest BCUT2D eigenvalue weighted by Crippen LogP contribution is -2.15. The van der Waals surface area contributed by atoms with E-state index in [1.165, 1.54) is 44.6 Å². The number of methoxy groups -OCH3 is 2. The van der Waals surface area contributed by atoms with E-state index in [1.54, 1.807) is 0 Å². The van der Waals surface area contributed by atoms with Crippen LogP contribution in [0, 0.1) is 0 Å². The maximum atomic E-state index is 12.2. The maximum absolute atomic E-state index is 12.2. The number of sulfonamides is 1. The molecule has 0 aliphatic rings. The largest absolute Gasteiger partial charge is 0.507 e. The summed E-state index contributed by atoms with van der Waals surface area (Å²) in [6.45, 7) is 0. The summed E-state index contributed by atoms with van der Waals surface area (Å²) >= 11 is 0. The van der Waals surface area contributed by atoms with Gasteiger partial charge >= 0.3 is 0 Å². The second kappa shape index (κ2) is 5.83. The summed E-state index contributed by atoms with van der Waals surface area (Å²) in [5.74, 6) is -0.331. The Morgan fingerprint density at radius 1 is 1.10 bits per heavy atom. The Kier molecular flexibility index (Phi) is 4.13. The molecule has 0 saturated carbocycles. The molecule has 9 heteroatoms. The van der Waals surface area contributed by atoms with Crippen LogP contribution < -0.4 is 14.2 Å². The van der Waals surface area contributed by atoms with Gasteiger partial charge in [-0.2, -0.15) is 9.97 Å². The average Bonchev–Trinajstić information content (AvgIpc) is 2.46. The van der Waals surface area contributed by atoms with E-state index in [1.807, 2.05) is 0 Å². The zero-order valence-corrected chi connectivity index (χ0v) is 12.1. The highest BCUT2D eigenvalue weighted by Crippen LogP contribution is 2.24. The van der Waals surface area contributed by atoms with Crippen LogP contribution >= 0.6 is 0 Å². The zero-order valence-electron chi connectivity index (χ0n) is 11.3. The van der Waals surface area contributed by atoms with Gasteiger partial charge in [0.05, 0.1) is 20.3 Å². The number of aromatic nitrogens is 2. The van der Waals surface area contributed by atoms with Gasteiger partial charge in [0.25, 0.3) is 10.0 Å². The van der Waals surface area contributed by atoms with E-state index >= 15 is 0 Å². The molecule has 2 aromatic rings. The molecular weight excluding hydrogens is 298 g/mol. The van der Waals surface area contributed by atoms with Crippen molar-refractivity contribution in [1.82, 2.24) is 9.97 Å². The molecule has 21 heavy (non-hydrogen) atoms. The molecule has 0 unspecified atom stereocenters. The third kappa shape index (κ3) is 3.31. The Hall–Kier alpha value is -2.55. The van der Waals surface area contributed by atoms with Crippen LogP contribution in [0.1, 0.15) is 0 Å². The van der Waals surface area contributed by atoms with Crippen molar-refractivity contribution in [3.05, 3.63) is 30.3 Å². The van der Waals surface area contributed by atoms with E-state index < -0.39 is 10.0 Å². The van der Waals surface area contributed by atoms with Crippen molar-refractivity contribution in [2.75, 3.05) is 18.9 Å². The highest BCUT2D eigenvalue weighted by atomic mass is 32.2. The SMILES string of the molecule is COc1cc(OC)nc(NS(=O)(=O)c2ccccc2O)n1. The van der Waals surface area contributed by atoms with Crippen LogP contribution in [0.5, 0.6) is 17.5 Å². The first-order chi connectivity index (χ1) is 9.96. The van der Waals surface area contributed by atoms with Crippen molar-refractivity contribution < 1.29 is 23.0 Å². The quantitative estimate of drug-likeness (QED) is 0.847. The number of phenolic OH excluding ortho intramolecular Hbond substituents is 1. The summed E-state index contributed by atoms with van der Waals surface area (Å²) < 4.78 is 36.4. The molecule has 0 saturated heterocycles. The van der Waals surface area contributed by atoms with Gasteiger partial charge in [0.15, 0.2) is 0 Å². The molecule has 0 bridgehead atoms. The monoisotopic (exact) mass is 311 g/mol. The summed E-state index contributed by atoms with van der Waals surface area (Å²) in [7, 11) is -1.27. The number of nitrogens with zero attached hydrogens (tertiary/aromatic N) is 2. The van der Waals surface area contributed by atoms with E-state index in [4.69, 9.17) is 9.47 Å². The standard InChI is InChI=1S/C12H13N3O5S/c1-19-10-7-11(20-2)14-12(13-10)15-21(17,18)9-6-4-3-5-8(9)16/h3-7,16H,1-2H3,(H,13,14,15). The van der Waals surface area contributed by atoms with Crippen molar-refractivity contribution in [3.8, 4) is 17.5 Å². The van der Waals surface area contributed by atoms with Gasteiger partial charge < -0.3 is 14.6 Å². The van der Waals surface area contributed by atoms with Crippen molar-refractivity contribution in [2.24, 2.45) is 0 Å². The Morgan fingerprint density at radius 3 is 2.19 bits per heavy atom. The minimum Gasteiger partial charge on any atom is -0.507 e. The smallest absolute Gasteiger partial charge is 0.267 e. The van der Waals surface area contributed by atoms with Crippen molar-refractivity contribution in [2.45, 2.75) is 4.90 Å². The number of nitrogens with one attached hydrogen (secondary N) is 1. The van der Waals surface area contributed by atoms with Crippen LogP contribution in [0.15, 0.2) is 35.2 Å². The van der Waals surface area contributed by atoms with E-state index in [0.29, 0.717) is 0 Å². The molecule has 0 atom stereocenters. The third-order valence-corrected chi connectivity index (χ3v) is 3.85. The molecule has 1 aromatic heterocycles. The van der Waals surface area contributed by atoms with Crippen molar-refractivity contribution >= 4 is 16.0 Å². The first-order valence-electron chi connectivity index (χ1n) is 5.74. The second-order valence-corrected chi connectivity index (χ2v) is 5.50. The molecule has 2 rings (SSSR count). The number of hydrogen-bond acceptors (Lipinski definition) is 7. The summed E-state index contributed by atoms with van der Waals surface area (Å²) in [6, 6.07) is 6.93. The lowest BCUT2D eigenvalue weighted by Gasteiger charge is -2.10. The van der Waals surface area contributed by atoms with Gasteiger partial charge in [0.1, 0.15) is 10.6 Å². The minimum atomic E-state index is -4.03. The molecule has 1 aromatic carbocycles. The first-order valence-corrected chi connectivity index (χ1v) is 7.22. The van der Waals surface area contributed by atoms with Gasteiger partial charge in [-0.05, 0) is 12.1 Å². The fourth-order valence-electron chi connectivity index (χ4n) is 1.52. The van der Waals surface area contributed by atoms with Crippen LogP contribution in [0.3, 0.4) is 0 Å². The Labute approximate surface area is 121 Å². The molecule has 0 amide bonds. The summed E-state index contributed by atoms with van der Waals surface area (Å²) in [4.78, 5) is 7.43. The predicted octanol–water partition coefficient (Wildman–Crippen LogP) is 1.00. The first kappa shape index (κ1) is 14.9. The molecular formula is C12H13N3O5S. The van der Waals surface area contributed by atoms with Gasteiger partial charge in [0.2, 0.25) is 17.7 Å². The number of phenols is 1. The van der Waals surface area contributed by atoms with Crippen molar-refractivity contribution in [1.29, 1.82) is 0 Å². The molecule has 0 fully saturated rings. The zero-order chi connectivity index (χ0) is 15.5. The molecule has 1 heterocycles. The van der Waals surface area contributed by atoms with Gasteiger partial charge in [-0.1, -0.05) is 12.1 Å². The van der Waals surface area contributed by atoms with E-state index in [-0.39, 0.29) is 28.4 Å². The van der Waals surface area contributed by atoms with E-state index in [2.05, 4.69) is 14.7 Å². The number of benzene rings is 1. The molecule has 0 aliphatic heterocycles. The molecule has 2 N–H and O–H groups in total. The molecule has 0 spiro atoms. The number of aromatic hydroxyl groups is 1. The van der Waals surface area contributed by atoms with Crippen LogP contribution in [0.4, 0.5) is 5.95 Å². The number of anilines is 1. The number of ether oxygens (including phenoxy) is 2. The van der Waals surface area contributed by atoms with E-state index in [0.717, 1.165) is 0 Å². The molecule has 0 radical (unpaired) electrons. The van der Waals surface area contributed by atoms with Crippen LogP contribution in [0.2, 0.25) is 0 Å². The number of hydrogen-bond donors (Lipinski definition) is 2.